The van der Waals surface area contributed by atoms with Crippen molar-refractivity contribution in [1.82, 2.24) is 4.90 Å². The van der Waals surface area contributed by atoms with Gasteiger partial charge in [-0.15, -0.1) is 0 Å². The molecule has 0 radical (unpaired) electrons. The summed E-state index contributed by atoms with van der Waals surface area (Å²) in [6.45, 7) is 16.2. The topological polar surface area (TPSA) is 32.8 Å². The van der Waals surface area contributed by atoms with E-state index in [0.29, 0.717) is 0 Å². The number of hydrogen-bond donors (Lipinski definition) is 0. The smallest absolute Gasteiger partial charge is 0.410 e. The van der Waals surface area contributed by atoms with E-state index in [0.717, 1.165) is 44.9 Å². The van der Waals surface area contributed by atoms with Crippen LogP contribution in [0.5, 0.6) is 0 Å². The Hall–Kier alpha value is -1.71. The van der Waals surface area contributed by atoms with Crippen LogP contribution in [0.15, 0.2) is 18.2 Å². The zero-order valence-electron chi connectivity index (χ0n) is 19.6. The van der Waals surface area contributed by atoms with E-state index >= 15 is 0 Å². The number of piperidine rings is 1. The third kappa shape index (κ3) is 7.91. The second kappa shape index (κ2) is 10.9. The molecule has 1 heterocycles. The Kier molecular flexibility index (Phi) is 8.85. The van der Waals surface area contributed by atoms with Crippen LogP contribution in [-0.4, -0.2) is 42.8 Å². The van der Waals surface area contributed by atoms with Crippen LogP contribution in [-0.2, 0) is 4.74 Å². The van der Waals surface area contributed by atoms with Crippen LogP contribution in [0.4, 0.5) is 10.5 Å². The van der Waals surface area contributed by atoms with Gasteiger partial charge in [-0.3, -0.25) is 0 Å². The Morgan fingerprint density at radius 3 is 2.38 bits per heavy atom. The first-order valence-electron chi connectivity index (χ1n) is 11.5. The fourth-order valence-electron chi connectivity index (χ4n) is 4.03. The third-order valence-electron chi connectivity index (χ3n) is 5.91. The fourth-order valence-corrected chi connectivity index (χ4v) is 4.03. The van der Waals surface area contributed by atoms with Gasteiger partial charge in [-0.1, -0.05) is 25.8 Å². The number of anilines is 1. The quantitative estimate of drug-likeness (QED) is 0.476. The van der Waals surface area contributed by atoms with Crippen LogP contribution in [0.1, 0.15) is 77.3 Å². The predicted octanol–water partition coefficient (Wildman–Crippen LogP) is 6.34. The number of hydrogen-bond acceptors (Lipinski definition) is 3. The molecule has 1 aliphatic heterocycles. The van der Waals surface area contributed by atoms with Crippen molar-refractivity contribution in [3.05, 3.63) is 29.3 Å². The van der Waals surface area contributed by atoms with Crippen molar-refractivity contribution in [2.45, 2.75) is 85.7 Å². The standard InChI is InChI=1S/C25H42N2O2/c1-7-15-27(24(28)29-25(4,5)6)16-9-8-10-22-13-17-26(18-14-22)23-12-11-20(2)21(3)19-23/h11-12,19,22H,7-10,13-18H2,1-6H3. The van der Waals surface area contributed by atoms with Crippen molar-refractivity contribution < 1.29 is 9.53 Å². The Balaban J connectivity index is 1.70. The number of benzene rings is 1. The Morgan fingerprint density at radius 1 is 1.10 bits per heavy atom. The first kappa shape index (κ1) is 23.6. The summed E-state index contributed by atoms with van der Waals surface area (Å²) in [7, 11) is 0. The molecule has 1 aromatic carbocycles. The van der Waals surface area contributed by atoms with Gasteiger partial charge in [-0.25, -0.2) is 4.79 Å². The van der Waals surface area contributed by atoms with Gasteiger partial charge in [0.15, 0.2) is 0 Å². The van der Waals surface area contributed by atoms with E-state index in [4.69, 9.17) is 4.74 Å². The molecule has 0 aromatic heterocycles. The highest BCUT2D eigenvalue weighted by Gasteiger charge is 2.22. The summed E-state index contributed by atoms with van der Waals surface area (Å²) in [6, 6.07) is 6.83. The van der Waals surface area contributed by atoms with Crippen molar-refractivity contribution >= 4 is 11.8 Å². The minimum Gasteiger partial charge on any atom is -0.444 e. The second-order valence-electron chi connectivity index (χ2n) is 9.66. The van der Waals surface area contributed by atoms with E-state index < -0.39 is 5.60 Å². The van der Waals surface area contributed by atoms with Crippen molar-refractivity contribution in [3.8, 4) is 0 Å². The maximum Gasteiger partial charge on any atom is 0.410 e. The van der Waals surface area contributed by atoms with Crippen LogP contribution in [0.25, 0.3) is 0 Å². The molecule has 0 bridgehead atoms. The molecule has 1 amide bonds. The lowest BCUT2D eigenvalue weighted by atomic mass is 9.91. The highest BCUT2D eigenvalue weighted by molar-refractivity contribution is 5.68. The largest absolute Gasteiger partial charge is 0.444 e. The van der Waals surface area contributed by atoms with Gasteiger partial charge in [-0.05, 0) is 89.5 Å². The minimum absolute atomic E-state index is 0.166. The maximum atomic E-state index is 12.4. The molecule has 0 atom stereocenters. The van der Waals surface area contributed by atoms with Crippen molar-refractivity contribution in [2.75, 3.05) is 31.1 Å². The molecule has 4 heteroatoms. The molecule has 1 aromatic rings. The number of nitrogens with zero attached hydrogens (tertiary/aromatic N) is 2. The lowest BCUT2D eigenvalue weighted by molar-refractivity contribution is 0.0246. The van der Waals surface area contributed by atoms with Gasteiger partial charge in [0.25, 0.3) is 0 Å². The molecule has 1 saturated heterocycles. The average molecular weight is 403 g/mol. The van der Waals surface area contributed by atoms with Crippen LogP contribution in [0, 0.1) is 19.8 Å². The first-order valence-corrected chi connectivity index (χ1v) is 11.5. The number of unbranched alkanes of at least 4 members (excludes halogenated alkanes) is 1. The van der Waals surface area contributed by atoms with E-state index in [2.05, 4.69) is 43.9 Å². The molecule has 0 saturated carbocycles. The zero-order chi connectivity index (χ0) is 21.4. The van der Waals surface area contributed by atoms with Crippen LogP contribution >= 0.6 is 0 Å². The lowest BCUT2D eigenvalue weighted by Crippen LogP contribution is -2.38. The highest BCUT2D eigenvalue weighted by atomic mass is 16.6. The fraction of sp³-hybridized carbons (Fsp3) is 0.720. The average Bonchev–Trinajstić information content (AvgIpc) is 2.65. The van der Waals surface area contributed by atoms with E-state index in [1.807, 2.05) is 25.7 Å². The molecule has 2 rings (SSSR count). The molecule has 1 aliphatic rings. The Morgan fingerprint density at radius 2 is 1.79 bits per heavy atom. The monoisotopic (exact) mass is 402 g/mol. The molecule has 0 N–H and O–H groups in total. The minimum atomic E-state index is -0.424. The van der Waals surface area contributed by atoms with E-state index in [9.17, 15) is 4.79 Å². The predicted molar refractivity (Wildman–Crippen MR) is 123 cm³/mol. The van der Waals surface area contributed by atoms with Crippen LogP contribution < -0.4 is 4.90 Å². The van der Waals surface area contributed by atoms with Crippen molar-refractivity contribution in [3.63, 3.8) is 0 Å². The number of rotatable bonds is 8. The molecule has 1 fully saturated rings. The lowest BCUT2D eigenvalue weighted by Gasteiger charge is -2.34. The first-order chi connectivity index (χ1) is 13.7. The molecule has 0 aliphatic carbocycles. The number of carbonyl (C=O) groups is 1. The molecular formula is C25H42N2O2. The normalized spacial score (nSPS) is 15.4. The Labute approximate surface area is 178 Å². The summed E-state index contributed by atoms with van der Waals surface area (Å²) in [5.41, 5.74) is 3.70. The van der Waals surface area contributed by atoms with Gasteiger partial charge in [-0.2, -0.15) is 0 Å². The van der Waals surface area contributed by atoms with E-state index in [1.165, 1.54) is 42.5 Å². The molecular weight excluding hydrogens is 360 g/mol. The van der Waals surface area contributed by atoms with Gasteiger partial charge in [0.2, 0.25) is 0 Å². The van der Waals surface area contributed by atoms with Crippen molar-refractivity contribution in [2.24, 2.45) is 5.92 Å². The van der Waals surface area contributed by atoms with Crippen molar-refractivity contribution in [1.29, 1.82) is 0 Å². The molecule has 0 spiro atoms. The Bertz CT molecular complexity index is 643. The summed E-state index contributed by atoms with van der Waals surface area (Å²) < 4.78 is 5.55. The summed E-state index contributed by atoms with van der Waals surface area (Å²) in [6.07, 6.45) is 6.88. The van der Waals surface area contributed by atoms with Gasteiger partial charge < -0.3 is 14.5 Å². The summed E-state index contributed by atoms with van der Waals surface area (Å²) in [5, 5.41) is 0. The number of carbonyl (C=O) groups excluding carboxylic acids is 1. The zero-order valence-corrected chi connectivity index (χ0v) is 19.6. The van der Waals surface area contributed by atoms with Crippen LogP contribution in [0.3, 0.4) is 0 Å². The molecule has 164 valence electrons. The van der Waals surface area contributed by atoms with E-state index in [-0.39, 0.29) is 6.09 Å². The number of ether oxygens (including phenoxy) is 1. The number of aryl methyl sites for hydroxylation is 2. The molecule has 29 heavy (non-hydrogen) atoms. The van der Waals surface area contributed by atoms with Gasteiger partial charge in [0.1, 0.15) is 5.60 Å². The molecule has 4 nitrogen and oxygen atoms in total. The van der Waals surface area contributed by atoms with Gasteiger partial charge in [0, 0.05) is 31.9 Å². The van der Waals surface area contributed by atoms with Crippen LogP contribution in [0.2, 0.25) is 0 Å². The summed E-state index contributed by atoms with van der Waals surface area (Å²) in [5.74, 6) is 0.818. The summed E-state index contributed by atoms with van der Waals surface area (Å²) in [4.78, 5) is 16.8. The molecule has 0 unspecified atom stereocenters. The maximum absolute atomic E-state index is 12.4. The van der Waals surface area contributed by atoms with E-state index in [1.54, 1.807) is 0 Å². The summed E-state index contributed by atoms with van der Waals surface area (Å²) >= 11 is 0. The van der Waals surface area contributed by atoms with Gasteiger partial charge >= 0.3 is 6.09 Å². The second-order valence-corrected chi connectivity index (χ2v) is 9.66. The number of amides is 1. The highest BCUT2D eigenvalue weighted by Crippen LogP contribution is 2.27. The SMILES string of the molecule is CCCN(CCCCC1CCN(c2ccc(C)c(C)c2)CC1)C(=O)OC(C)(C)C. The third-order valence-corrected chi connectivity index (χ3v) is 5.91. The van der Waals surface area contributed by atoms with Gasteiger partial charge in [0.05, 0.1) is 0 Å².